The first-order chi connectivity index (χ1) is 16.7. The molecule has 0 aliphatic carbocycles. The lowest BCUT2D eigenvalue weighted by Crippen LogP contribution is -2.52. The predicted molar refractivity (Wildman–Crippen MR) is 138 cm³/mol. The number of benzene rings is 2. The van der Waals surface area contributed by atoms with Crippen molar-refractivity contribution in [3.63, 3.8) is 0 Å². The van der Waals surface area contributed by atoms with Crippen molar-refractivity contribution in [1.82, 2.24) is 14.5 Å². The maximum absolute atomic E-state index is 13.3. The van der Waals surface area contributed by atoms with Gasteiger partial charge in [0.15, 0.2) is 0 Å². The van der Waals surface area contributed by atoms with E-state index in [2.05, 4.69) is 5.32 Å². The molecule has 0 aromatic heterocycles. The Labute approximate surface area is 221 Å². The van der Waals surface area contributed by atoms with Crippen molar-refractivity contribution in [2.75, 3.05) is 6.54 Å². The molecular formula is C25H29Cl2N3O5S. The summed E-state index contributed by atoms with van der Waals surface area (Å²) in [5, 5.41) is 3.67. The van der Waals surface area contributed by atoms with Gasteiger partial charge in [-0.25, -0.2) is 12.7 Å². The molecule has 1 heterocycles. The summed E-state index contributed by atoms with van der Waals surface area (Å²) in [4.78, 5) is 40.2. The molecule has 0 spiro atoms. The minimum atomic E-state index is -3.96. The van der Waals surface area contributed by atoms with Crippen LogP contribution in [0.5, 0.6) is 0 Å². The molecule has 1 N–H and O–H groups in total. The molecule has 0 saturated carbocycles. The summed E-state index contributed by atoms with van der Waals surface area (Å²) < 4.78 is 26.3. The van der Waals surface area contributed by atoms with Crippen LogP contribution in [0.25, 0.3) is 0 Å². The zero-order valence-electron chi connectivity index (χ0n) is 20.5. The van der Waals surface area contributed by atoms with E-state index in [0.717, 1.165) is 4.31 Å². The summed E-state index contributed by atoms with van der Waals surface area (Å²) in [6.07, 6.45) is 0.0181. The van der Waals surface area contributed by atoms with E-state index in [-0.39, 0.29) is 48.2 Å². The van der Waals surface area contributed by atoms with Crippen molar-refractivity contribution >= 4 is 50.9 Å². The molecule has 2 aromatic carbocycles. The number of carbonyl (C=O) groups excluding carboxylic acids is 3. The monoisotopic (exact) mass is 553 g/mol. The highest BCUT2D eigenvalue weighted by Crippen LogP contribution is 2.30. The van der Waals surface area contributed by atoms with Crippen molar-refractivity contribution < 1.29 is 22.8 Å². The SMILES string of the molecule is C[C@@H](C(=O)NC(C)(C)C)N(Cc1ccc(Cl)cc1Cl)C(=O)CCCN1C(=O)c2ccccc2S1(=O)=O. The molecule has 1 aliphatic heterocycles. The van der Waals surface area contributed by atoms with Crippen molar-refractivity contribution in [2.45, 2.75) is 63.6 Å². The van der Waals surface area contributed by atoms with Gasteiger partial charge in [0.25, 0.3) is 15.9 Å². The van der Waals surface area contributed by atoms with Crippen LogP contribution in [0.15, 0.2) is 47.4 Å². The third-order valence-electron chi connectivity index (χ3n) is 5.69. The van der Waals surface area contributed by atoms with Gasteiger partial charge in [-0.1, -0.05) is 41.4 Å². The van der Waals surface area contributed by atoms with Crippen molar-refractivity contribution in [3.05, 3.63) is 63.6 Å². The molecule has 194 valence electrons. The predicted octanol–water partition coefficient (Wildman–Crippen LogP) is 4.25. The third kappa shape index (κ3) is 6.19. The van der Waals surface area contributed by atoms with Crippen LogP contribution in [0.1, 0.15) is 56.5 Å². The Balaban J connectivity index is 1.75. The highest BCUT2D eigenvalue weighted by atomic mass is 35.5. The van der Waals surface area contributed by atoms with E-state index in [1.54, 1.807) is 37.3 Å². The Bertz CT molecular complexity index is 1290. The second kappa shape index (κ2) is 10.8. The van der Waals surface area contributed by atoms with E-state index in [1.807, 2.05) is 20.8 Å². The fraction of sp³-hybridized carbons (Fsp3) is 0.400. The molecule has 3 rings (SSSR count). The number of rotatable bonds is 8. The molecule has 0 fully saturated rings. The largest absolute Gasteiger partial charge is 0.350 e. The first kappa shape index (κ1) is 28.0. The van der Waals surface area contributed by atoms with Crippen LogP contribution >= 0.6 is 23.2 Å². The number of hydrogen-bond acceptors (Lipinski definition) is 5. The third-order valence-corrected chi connectivity index (χ3v) is 8.11. The van der Waals surface area contributed by atoms with E-state index in [4.69, 9.17) is 23.2 Å². The Morgan fingerprint density at radius 1 is 1.11 bits per heavy atom. The summed E-state index contributed by atoms with van der Waals surface area (Å²) in [6.45, 7) is 7.04. The smallest absolute Gasteiger partial charge is 0.269 e. The molecule has 0 radical (unpaired) electrons. The Morgan fingerprint density at radius 3 is 2.39 bits per heavy atom. The second-order valence-electron chi connectivity index (χ2n) is 9.65. The lowest BCUT2D eigenvalue weighted by atomic mass is 10.1. The average Bonchev–Trinajstić information content (AvgIpc) is 2.97. The van der Waals surface area contributed by atoms with Gasteiger partial charge in [0, 0.05) is 35.1 Å². The minimum Gasteiger partial charge on any atom is -0.350 e. The molecule has 0 unspecified atom stereocenters. The van der Waals surface area contributed by atoms with E-state index in [1.165, 1.54) is 17.0 Å². The molecule has 1 atom stereocenters. The Hall–Kier alpha value is -2.62. The number of carbonyl (C=O) groups is 3. The molecule has 8 nitrogen and oxygen atoms in total. The molecular weight excluding hydrogens is 525 g/mol. The van der Waals surface area contributed by atoms with Crippen LogP contribution in [0.2, 0.25) is 10.0 Å². The Kier molecular flexibility index (Phi) is 8.37. The van der Waals surface area contributed by atoms with Gasteiger partial charge >= 0.3 is 0 Å². The van der Waals surface area contributed by atoms with Crippen LogP contribution in [0.4, 0.5) is 0 Å². The maximum Gasteiger partial charge on any atom is 0.269 e. The maximum atomic E-state index is 13.3. The summed E-state index contributed by atoms with van der Waals surface area (Å²) in [6, 6.07) is 10.1. The summed E-state index contributed by atoms with van der Waals surface area (Å²) >= 11 is 12.3. The van der Waals surface area contributed by atoms with E-state index in [9.17, 15) is 22.8 Å². The highest BCUT2D eigenvalue weighted by Gasteiger charge is 2.40. The van der Waals surface area contributed by atoms with Gasteiger partial charge in [0.2, 0.25) is 11.8 Å². The van der Waals surface area contributed by atoms with Gasteiger partial charge in [-0.05, 0) is 63.9 Å². The van der Waals surface area contributed by atoms with Gasteiger partial charge in [-0.2, -0.15) is 0 Å². The van der Waals surface area contributed by atoms with Crippen LogP contribution in [0, 0.1) is 0 Å². The summed E-state index contributed by atoms with van der Waals surface area (Å²) in [5.41, 5.74) is 0.227. The highest BCUT2D eigenvalue weighted by molar-refractivity contribution is 7.90. The molecule has 1 aliphatic rings. The molecule has 2 aromatic rings. The number of fused-ring (bicyclic) bond motifs is 1. The van der Waals surface area contributed by atoms with E-state index in [0.29, 0.717) is 15.6 Å². The topological polar surface area (TPSA) is 104 Å². The minimum absolute atomic E-state index is 0.0344. The Morgan fingerprint density at radius 2 is 1.78 bits per heavy atom. The number of nitrogens with zero attached hydrogens (tertiary/aromatic N) is 2. The molecule has 11 heteroatoms. The summed E-state index contributed by atoms with van der Waals surface area (Å²) in [7, 11) is -3.96. The average molecular weight is 554 g/mol. The number of halogens is 2. The van der Waals surface area contributed by atoms with Crippen LogP contribution in [-0.4, -0.2) is 53.5 Å². The molecule has 36 heavy (non-hydrogen) atoms. The van der Waals surface area contributed by atoms with Crippen LogP contribution in [-0.2, 0) is 26.2 Å². The van der Waals surface area contributed by atoms with Gasteiger partial charge in [-0.15, -0.1) is 0 Å². The lowest BCUT2D eigenvalue weighted by Gasteiger charge is -2.32. The molecule has 0 saturated heterocycles. The van der Waals surface area contributed by atoms with Gasteiger partial charge in [-0.3, -0.25) is 14.4 Å². The van der Waals surface area contributed by atoms with Gasteiger partial charge in [0.05, 0.1) is 5.56 Å². The number of hydrogen-bond donors (Lipinski definition) is 1. The van der Waals surface area contributed by atoms with Crippen LogP contribution in [0.3, 0.4) is 0 Å². The first-order valence-electron chi connectivity index (χ1n) is 11.4. The number of sulfonamides is 1. The van der Waals surface area contributed by atoms with Crippen molar-refractivity contribution in [2.24, 2.45) is 0 Å². The fourth-order valence-electron chi connectivity index (χ4n) is 3.86. The number of amides is 3. The zero-order chi connectivity index (χ0) is 26.8. The zero-order valence-corrected chi connectivity index (χ0v) is 22.9. The lowest BCUT2D eigenvalue weighted by molar-refractivity contribution is -0.141. The first-order valence-corrected chi connectivity index (χ1v) is 13.6. The normalized spacial score (nSPS) is 15.4. The standard InChI is InChI=1S/C25H29Cl2N3O5S/c1-16(23(32)28-25(2,3)4)29(15-17-11-12-18(26)14-20(17)27)22(31)10-7-13-30-24(33)19-8-5-6-9-21(19)36(30,34)35/h5-6,8-9,11-12,14,16H,7,10,13,15H2,1-4H3,(H,28,32)/t16-/m0/s1. The molecule has 3 amide bonds. The summed E-state index contributed by atoms with van der Waals surface area (Å²) in [5.74, 6) is -1.33. The number of nitrogens with one attached hydrogen (secondary N) is 1. The van der Waals surface area contributed by atoms with Gasteiger partial charge < -0.3 is 10.2 Å². The second-order valence-corrected chi connectivity index (χ2v) is 12.3. The fourth-order valence-corrected chi connectivity index (χ4v) is 5.94. The van der Waals surface area contributed by atoms with Crippen LogP contribution < -0.4 is 5.32 Å². The van der Waals surface area contributed by atoms with E-state index >= 15 is 0 Å². The van der Waals surface area contributed by atoms with E-state index < -0.39 is 27.5 Å². The quantitative estimate of drug-likeness (QED) is 0.526. The van der Waals surface area contributed by atoms with Crippen molar-refractivity contribution in [3.8, 4) is 0 Å². The molecule has 0 bridgehead atoms. The van der Waals surface area contributed by atoms with Crippen molar-refractivity contribution in [1.29, 1.82) is 0 Å². The van der Waals surface area contributed by atoms with Gasteiger partial charge in [0.1, 0.15) is 10.9 Å².